The first-order valence-electron chi connectivity index (χ1n) is 14.3. The number of imidazole rings is 1. The number of aromatic nitrogens is 4. The van der Waals surface area contributed by atoms with E-state index in [0.29, 0.717) is 45.7 Å². The van der Waals surface area contributed by atoms with Crippen molar-refractivity contribution in [1.82, 2.24) is 29.7 Å². The Hall–Kier alpha value is -4.03. The van der Waals surface area contributed by atoms with Crippen LogP contribution in [0.1, 0.15) is 57.7 Å². The maximum Gasteiger partial charge on any atom is 0.270 e. The minimum atomic E-state index is -1.01. The van der Waals surface area contributed by atoms with Crippen molar-refractivity contribution < 1.29 is 13.6 Å². The van der Waals surface area contributed by atoms with Gasteiger partial charge in [-0.25, -0.2) is 18.7 Å². The molecule has 5 atom stereocenters. The molecule has 210 valence electrons. The third kappa shape index (κ3) is 4.80. The van der Waals surface area contributed by atoms with Crippen molar-refractivity contribution in [2.75, 3.05) is 20.1 Å². The van der Waals surface area contributed by atoms with E-state index in [-0.39, 0.29) is 24.5 Å². The highest BCUT2D eigenvalue weighted by Crippen LogP contribution is 2.41. The van der Waals surface area contributed by atoms with Crippen LogP contribution in [0.2, 0.25) is 0 Å². The summed E-state index contributed by atoms with van der Waals surface area (Å²) in [5, 5.41) is 3.47. The number of aryl methyl sites for hydroxylation is 1. The number of rotatable bonds is 4. The Bertz CT molecular complexity index is 1700. The minimum absolute atomic E-state index is 0.206. The summed E-state index contributed by atoms with van der Waals surface area (Å²) in [6, 6.07) is 9.36. The SMILES string of the molecule is Cc1cc(C#CC2[C@@H]3CC[C@H]2CN(C)C3)cc(C(=O)NC(c2cc3c(F)cccc3[nH]2)c2ncn3c2C[C@@H](F)C3)n1. The zero-order valence-corrected chi connectivity index (χ0v) is 23.1. The third-order valence-electron chi connectivity index (χ3n) is 8.87. The molecule has 1 saturated carbocycles. The molecule has 1 saturated heterocycles. The van der Waals surface area contributed by atoms with Gasteiger partial charge in [-0.05, 0) is 69.0 Å². The Kier molecular flexibility index (Phi) is 6.39. The van der Waals surface area contributed by atoms with Crippen molar-refractivity contribution in [2.24, 2.45) is 17.8 Å². The molecule has 2 fully saturated rings. The molecule has 2 N–H and O–H groups in total. The number of aromatic amines is 1. The summed E-state index contributed by atoms with van der Waals surface area (Å²) < 4.78 is 30.6. The number of amides is 1. The van der Waals surface area contributed by atoms with E-state index < -0.39 is 18.1 Å². The Morgan fingerprint density at radius 1 is 1.17 bits per heavy atom. The fourth-order valence-electron chi connectivity index (χ4n) is 7.04. The highest BCUT2D eigenvalue weighted by atomic mass is 19.1. The Morgan fingerprint density at radius 2 is 1.98 bits per heavy atom. The van der Waals surface area contributed by atoms with Gasteiger partial charge in [0.25, 0.3) is 5.91 Å². The predicted octanol–water partition coefficient (Wildman–Crippen LogP) is 4.56. The molecule has 2 bridgehead atoms. The number of hydrogen-bond donors (Lipinski definition) is 2. The van der Waals surface area contributed by atoms with E-state index in [0.717, 1.165) is 24.3 Å². The average molecular weight is 555 g/mol. The quantitative estimate of drug-likeness (QED) is 0.363. The van der Waals surface area contributed by atoms with Gasteiger partial charge in [-0.15, -0.1) is 0 Å². The molecule has 2 unspecified atom stereocenters. The summed E-state index contributed by atoms with van der Waals surface area (Å²) in [4.78, 5) is 28.4. The first-order chi connectivity index (χ1) is 19.8. The normalized spacial score (nSPS) is 24.2. The van der Waals surface area contributed by atoms with Gasteiger partial charge in [0.05, 0.1) is 18.6 Å². The lowest BCUT2D eigenvalue weighted by atomic mass is 9.85. The number of carbonyl (C=O) groups excluding carboxylic acids is 1. The fraction of sp³-hybridized carbons (Fsp3) is 0.406. The second kappa shape index (κ2) is 10.1. The number of halogens is 2. The van der Waals surface area contributed by atoms with Crippen LogP contribution in [0.3, 0.4) is 0 Å². The molecule has 3 aliphatic rings. The fourth-order valence-corrected chi connectivity index (χ4v) is 7.04. The summed E-state index contributed by atoms with van der Waals surface area (Å²) in [5.41, 5.74) is 4.12. The molecule has 1 amide bonds. The molecule has 1 aliphatic carbocycles. The van der Waals surface area contributed by atoms with Crippen LogP contribution < -0.4 is 5.32 Å². The third-order valence-corrected chi connectivity index (χ3v) is 8.87. The van der Waals surface area contributed by atoms with Crippen LogP contribution in [0.25, 0.3) is 10.9 Å². The maximum atomic E-state index is 14.6. The molecular weight excluding hydrogens is 522 g/mol. The van der Waals surface area contributed by atoms with Gasteiger partial charge in [0, 0.05) is 59.0 Å². The molecular formula is C32H32F2N6O. The molecule has 9 heteroatoms. The molecule has 41 heavy (non-hydrogen) atoms. The van der Waals surface area contributed by atoms with Crippen LogP contribution in [-0.2, 0) is 13.0 Å². The number of nitrogens with one attached hydrogen (secondary N) is 2. The van der Waals surface area contributed by atoms with E-state index in [4.69, 9.17) is 0 Å². The van der Waals surface area contributed by atoms with Gasteiger partial charge >= 0.3 is 0 Å². The molecule has 2 aliphatic heterocycles. The number of alkyl halides is 1. The van der Waals surface area contributed by atoms with Crippen molar-refractivity contribution in [2.45, 2.75) is 44.9 Å². The largest absolute Gasteiger partial charge is 0.356 e. The monoisotopic (exact) mass is 554 g/mol. The lowest BCUT2D eigenvalue weighted by molar-refractivity contribution is 0.0936. The first-order valence-corrected chi connectivity index (χ1v) is 14.3. The van der Waals surface area contributed by atoms with Crippen LogP contribution in [0.5, 0.6) is 0 Å². The molecule has 4 aromatic rings. The highest BCUT2D eigenvalue weighted by Gasteiger charge is 2.40. The number of likely N-dealkylation sites (tertiary alicyclic amines) is 1. The number of pyridine rings is 1. The van der Waals surface area contributed by atoms with E-state index in [9.17, 15) is 13.6 Å². The van der Waals surface area contributed by atoms with Crippen molar-refractivity contribution in [3.63, 3.8) is 0 Å². The highest BCUT2D eigenvalue weighted by molar-refractivity contribution is 5.93. The lowest BCUT2D eigenvalue weighted by Crippen LogP contribution is -2.38. The standard InChI is InChI=1S/C32H32F2N6O/c1-18-10-19(6-9-23-20-7-8-21(23)15-39(2)14-20)11-28(36-18)32(41)38-30(31-29-12-22(33)16-40(29)17-35-31)27-13-24-25(34)4-3-5-26(24)37-27/h3-5,10-11,13,17,20-23,30,37H,7-8,12,14-16H2,1-2H3,(H,38,41)/t20-,21+,22-,23?,30?/m1/s1. The van der Waals surface area contributed by atoms with Crippen molar-refractivity contribution in [1.29, 1.82) is 0 Å². The topological polar surface area (TPSA) is 78.8 Å². The van der Waals surface area contributed by atoms with E-state index >= 15 is 0 Å². The summed E-state index contributed by atoms with van der Waals surface area (Å²) in [6.45, 7) is 4.24. The smallest absolute Gasteiger partial charge is 0.270 e. The van der Waals surface area contributed by atoms with Crippen molar-refractivity contribution >= 4 is 16.8 Å². The Labute approximate surface area is 237 Å². The van der Waals surface area contributed by atoms with Gasteiger partial charge in [0.15, 0.2) is 0 Å². The molecule has 7 rings (SSSR count). The summed E-state index contributed by atoms with van der Waals surface area (Å²) in [5.74, 6) is 7.68. The van der Waals surface area contributed by atoms with E-state index in [1.165, 1.54) is 18.9 Å². The maximum absolute atomic E-state index is 14.6. The van der Waals surface area contributed by atoms with Gasteiger partial charge in [-0.2, -0.15) is 0 Å². The lowest BCUT2D eigenvalue weighted by Gasteiger charge is -2.33. The number of nitrogens with zero attached hydrogens (tertiary/aromatic N) is 4. The van der Waals surface area contributed by atoms with Crippen molar-refractivity contribution in [3.8, 4) is 11.8 Å². The van der Waals surface area contributed by atoms with Gasteiger partial charge in [0.1, 0.15) is 23.7 Å². The number of H-pyrrole nitrogens is 1. The molecule has 7 nitrogen and oxygen atoms in total. The van der Waals surface area contributed by atoms with E-state index in [1.54, 1.807) is 35.2 Å². The molecule has 0 radical (unpaired) electrons. The van der Waals surface area contributed by atoms with Gasteiger partial charge in [-0.1, -0.05) is 17.9 Å². The van der Waals surface area contributed by atoms with E-state index in [2.05, 4.69) is 44.1 Å². The summed E-state index contributed by atoms with van der Waals surface area (Å²) >= 11 is 0. The number of fused-ring (bicyclic) bond motifs is 4. The summed E-state index contributed by atoms with van der Waals surface area (Å²) in [7, 11) is 2.18. The van der Waals surface area contributed by atoms with Crippen LogP contribution in [0.15, 0.2) is 42.7 Å². The van der Waals surface area contributed by atoms with E-state index in [1.807, 2.05) is 13.0 Å². The van der Waals surface area contributed by atoms with Gasteiger partial charge in [-0.3, -0.25) is 4.79 Å². The summed E-state index contributed by atoms with van der Waals surface area (Å²) in [6.07, 6.45) is 3.23. The number of piperidine rings is 1. The Morgan fingerprint density at radius 3 is 2.76 bits per heavy atom. The second-order valence-electron chi connectivity index (χ2n) is 11.9. The van der Waals surface area contributed by atoms with Crippen LogP contribution in [-0.4, -0.2) is 56.6 Å². The zero-order chi connectivity index (χ0) is 28.2. The van der Waals surface area contributed by atoms with Gasteiger partial charge < -0.3 is 19.8 Å². The van der Waals surface area contributed by atoms with Crippen LogP contribution in [0, 0.1) is 42.3 Å². The number of benzene rings is 1. The number of carbonyl (C=O) groups is 1. The predicted molar refractivity (Wildman–Crippen MR) is 151 cm³/mol. The van der Waals surface area contributed by atoms with Gasteiger partial charge in [0.2, 0.25) is 0 Å². The molecule has 0 spiro atoms. The second-order valence-corrected chi connectivity index (χ2v) is 11.9. The Balaban J connectivity index is 1.20. The molecule has 5 heterocycles. The van der Waals surface area contributed by atoms with Crippen LogP contribution >= 0.6 is 0 Å². The van der Waals surface area contributed by atoms with Crippen molar-refractivity contribution in [3.05, 3.63) is 82.6 Å². The zero-order valence-electron chi connectivity index (χ0n) is 23.1. The minimum Gasteiger partial charge on any atom is -0.356 e. The molecule has 3 aromatic heterocycles. The molecule has 1 aromatic carbocycles. The average Bonchev–Trinajstić information content (AvgIpc) is 3.68. The first kappa shape index (κ1) is 25.9. The number of hydrogen-bond acceptors (Lipinski definition) is 4. The van der Waals surface area contributed by atoms with Crippen LogP contribution in [0.4, 0.5) is 8.78 Å².